The molecule has 7 unspecified atom stereocenters. The Morgan fingerprint density at radius 3 is 3.00 bits per heavy atom. The number of ether oxygens (including phenoxy) is 1. The van der Waals surface area contributed by atoms with Crippen molar-refractivity contribution in [3.8, 4) is 0 Å². The van der Waals surface area contributed by atoms with Crippen molar-refractivity contribution >= 4 is 0 Å². The summed E-state index contributed by atoms with van der Waals surface area (Å²) in [6.45, 7) is 0. The van der Waals surface area contributed by atoms with E-state index in [-0.39, 0.29) is 6.10 Å². The minimum Gasteiger partial charge on any atom is -0.392 e. The highest BCUT2D eigenvalue weighted by Crippen LogP contribution is 2.60. The molecule has 4 fully saturated rings. The van der Waals surface area contributed by atoms with Crippen molar-refractivity contribution in [2.75, 3.05) is 0 Å². The normalized spacial score (nSPS) is 69.9. The van der Waals surface area contributed by atoms with E-state index in [0.29, 0.717) is 35.9 Å². The summed E-state index contributed by atoms with van der Waals surface area (Å²) in [6, 6.07) is 0. The van der Waals surface area contributed by atoms with Crippen molar-refractivity contribution in [2.45, 2.75) is 24.7 Å². The van der Waals surface area contributed by atoms with E-state index in [9.17, 15) is 5.11 Å². The van der Waals surface area contributed by atoms with Gasteiger partial charge in [0, 0.05) is 17.8 Å². The predicted octanol–water partition coefficient (Wildman–Crippen LogP) is 0.567. The quantitative estimate of drug-likeness (QED) is 0.530. The van der Waals surface area contributed by atoms with Gasteiger partial charge in [0.15, 0.2) is 0 Å². The number of hydrogen-bond donors (Lipinski definition) is 1. The summed E-state index contributed by atoms with van der Waals surface area (Å²) >= 11 is 0. The average Bonchev–Trinajstić information content (AvgIpc) is 2.56. The van der Waals surface area contributed by atoms with Gasteiger partial charge in [-0.3, -0.25) is 0 Å². The van der Waals surface area contributed by atoms with Crippen LogP contribution in [0.25, 0.3) is 0 Å². The summed E-state index contributed by atoms with van der Waals surface area (Å²) in [5.41, 5.74) is 0. The first-order valence-electron chi connectivity index (χ1n) is 4.88. The Labute approximate surface area is 71.2 Å². The molecule has 0 radical (unpaired) electrons. The third-order valence-corrected chi connectivity index (χ3v) is 4.35. The lowest BCUT2D eigenvalue weighted by Crippen LogP contribution is -2.40. The van der Waals surface area contributed by atoms with Gasteiger partial charge >= 0.3 is 0 Å². The van der Waals surface area contributed by atoms with Crippen LogP contribution >= 0.6 is 0 Å². The van der Waals surface area contributed by atoms with E-state index in [1.165, 1.54) is 0 Å². The van der Waals surface area contributed by atoms with Crippen LogP contribution in [0, 0.1) is 23.7 Å². The van der Waals surface area contributed by atoms with Gasteiger partial charge in [0.05, 0.1) is 18.3 Å². The van der Waals surface area contributed by atoms with Crippen molar-refractivity contribution in [3.05, 3.63) is 12.2 Å². The molecule has 64 valence electrons. The third-order valence-electron chi connectivity index (χ3n) is 4.35. The third kappa shape index (κ3) is 0.438. The molecule has 12 heavy (non-hydrogen) atoms. The van der Waals surface area contributed by atoms with Crippen LogP contribution in [0.1, 0.15) is 6.42 Å². The monoisotopic (exact) mass is 164 g/mol. The highest BCUT2D eigenvalue weighted by molar-refractivity contribution is 5.25. The fourth-order valence-electron chi connectivity index (χ4n) is 3.93. The van der Waals surface area contributed by atoms with Crippen molar-refractivity contribution < 1.29 is 9.84 Å². The summed E-state index contributed by atoms with van der Waals surface area (Å²) in [7, 11) is 0. The molecule has 5 rings (SSSR count). The van der Waals surface area contributed by atoms with Crippen LogP contribution in [0.5, 0.6) is 0 Å². The van der Waals surface area contributed by atoms with Gasteiger partial charge in [0.25, 0.3) is 0 Å². The first-order chi connectivity index (χ1) is 5.86. The lowest BCUT2D eigenvalue weighted by molar-refractivity contribution is -0.0513. The zero-order valence-corrected chi connectivity index (χ0v) is 6.76. The molecule has 2 heterocycles. The second kappa shape index (κ2) is 1.64. The predicted molar refractivity (Wildman–Crippen MR) is 42.4 cm³/mol. The lowest BCUT2D eigenvalue weighted by atomic mass is 9.75. The minimum atomic E-state index is -0.0706. The second-order valence-corrected chi connectivity index (χ2v) is 4.65. The number of rotatable bonds is 0. The molecule has 0 amide bonds. The van der Waals surface area contributed by atoms with Crippen LogP contribution in [-0.4, -0.2) is 23.4 Å². The SMILES string of the molecule is OC1C2CC3OC4C2C=CC4C31. The van der Waals surface area contributed by atoms with Crippen molar-refractivity contribution in [2.24, 2.45) is 23.7 Å². The molecule has 0 spiro atoms. The molecule has 2 nitrogen and oxygen atoms in total. The fourth-order valence-corrected chi connectivity index (χ4v) is 3.93. The van der Waals surface area contributed by atoms with Crippen LogP contribution in [-0.2, 0) is 4.74 Å². The Bertz CT molecular complexity index is 265. The maximum Gasteiger partial charge on any atom is 0.0712 e. The van der Waals surface area contributed by atoms with E-state index in [2.05, 4.69) is 12.2 Å². The summed E-state index contributed by atoms with van der Waals surface area (Å²) < 4.78 is 5.89. The van der Waals surface area contributed by atoms with E-state index in [1.807, 2.05) is 0 Å². The molecule has 0 aromatic rings. The summed E-state index contributed by atoms with van der Waals surface area (Å²) in [6.07, 6.45) is 6.43. The number of hydrogen-bond acceptors (Lipinski definition) is 2. The Hall–Kier alpha value is -0.340. The van der Waals surface area contributed by atoms with Gasteiger partial charge in [-0.1, -0.05) is 12.2 Å². The van der Waals surface area contributed by atoms with Gasteiger partial charge in [-0.05, 0) is 12.3 Å². The van der Waals surface area contributed by atoms with E-state index < -0.39 is 0 Å². The maximum absolute atomic E-state index is 9.97. The Kier molecular flexibility index (Phi) is 0.840. The summed E-state index contributed by atoms with van der Waals surface area (Å²) in [5.74, 6) is 2.05. The first kappa shape index (κ1) is 6.17. The van der Waals surface area contributed by atoms with E-state index in [1.54, 1.807) is 0 Å². The largest absolute Gasteiger partial charge is 0.392 e. The van der Waals surface area contributed by atoms with E-state index >= 15 is 0 Å². The molecular weight excluding hydrogens is 152 g/mol. The maximum atomic E-state index is 9.97. The zero-order valence-electron chi connectivity index (χ0n) is 6.76. The zero-order chi connectivity index (χ0) is 7.87. The minimum absolute atomic E-state index is 0.0706. The van der Waals surface area contributed by atoms with E-state index in [0.717, 1.165) is 6.42 Å². The molecule has 7 atom stereocenters. The summed E-state index contributed by atoms with van der Waals surface area (Å²) in [4.78, 5) is 0. The van der Waals surface area contributed by atoms with Crippen molar-refractivity contribution in [1.29, 1.82) is 0 Å². The van der Waals surface area contributed by atoms with Gasteiger partial charge in [-0.25, -0.2) is 0 Å². The standard InChI is InChI=1S/C10H12O2/c11-9-6-3-7-8(9)5-2-1-4(6)10(5)12-7/h1-2,4-11H,3H2. The van der Waals surface area contributed by atoms with Gasteiger partial charge in [0.2, 0.25) is 0 Å². The van der Waals surface area contributed by atoms with Crippen molar-refractivity contribution in [3.63, 3.8) is 0 Å². The van der Waals surface area contributed by atoms with Crippen LogP contribution in [0.4, 0.5) is 0 Å². The fraction of sp³-hybridized carbons (Fsp3) is 0.800. The van der Waals surface area contributed by atoms with E-state index in [4.69, 9.17) is 4.74 Å². The molecule has 2 heteroatoms. The molecule has 5 aliphatic rings. The Morgan fingerprint density at radius 2 is 2.08 bits per heavy atom. The first-order valence-corrected chi connectivity index (χ1v) is 4.88. The van der Waals surface area contributed by atoms with Crippen LogP contribution in [0.3, 0.4) is 0 Å². The van der Waals surface area contributed by atoms with Crippen LogP contribution < -0.4 is 0 Å². The molecule has 1 N–H and O–H groups in total. The van der Waals surface area contributed by atoms with Crippen LogP contribution in [0.15, 0.2) is 12.2 Å². The lowest BCUT2D eigenvalue weighted by Gasteiger charge is -2.35. The highest BCUT2D eigenvalue weighted by atomic mass is 16.5. The number of aliphatic hydroxyl groups is 1. The molecule has 0 aromatic heterocycles. The Morgan fingerprint density at radius 1 is 1.25 bits per heavy atom. The molecule has 3 aliphatic carbocycles. The van der Waals surface area contributed by atoms with Gasteiger partial charge in [0.1, 0.15) is 0 Å². The van der Waals surface area contributed by atoms with Crippen LogP contribution in [0.2, 0.25) is 0 Å². The molecular formula is C10H12O2. The molecule has 2 saturated carbocycles. The highest BCUT2D eigenvalue weighted by Gasteiger charge is 2.64. The van der Waals surface area contributed by atoms with Crippen molar-refractivity contribution in [1.82, 2.24) is 0 Å². The average molecular weight is 164 g/mol. The summed E-state index contributed by atoms with van der Waals surface area (Å²) in [5, 5.41) is 9.97. The van der Waals surface area contributed by atoms with Gasteiger partial charge < -0.3 is 9.84 Å². The number of aliphatic hydroxyl groups excluding tert-OH is 1. The van der Waals surface area contributed by atoms with Gasteiger partial charge in [-0.2, -0.15) is 0 Å². The molecule has 2 saturated heterocycles. The smallest absolute Gasteiger partial charge is 0.0712 e. The molecule has 0 aromatic carbocycles. The topological polar surface area (TPSA) is 29.5 Å². The Balaban J connectivity index is 1.93. The van der Waals surface area contributed by atoms with Gasteiger partial charge in [-0.15, -0.1) is 0 Å². The molecule has 2 aliphatic heterocycles. The second-order valence-electron chi connectivity index (χ2n) is 4.65. The molecule has 6 bridgehead atoms.